The lowest BCUT2D eigenvalue weighted by Gasteiger charge is -2.13. The summed E-state index contributed by atoms with van der Waals surface area (Å²) < 4.78 is 38.0. The molecule has 10 heteroatoms. The number of sulfonamides is 1. The highest BCUT2D eigenvalue weighted by molar-refractivity contribution is 7.89. The zero-order valence-electron chi connectivity index (χ0n) is 11.8. The van der Waals surface area contributed by atoms with Gasteiger partial charge in [-0.1, -0.05) is 0 Å². The number of benzene rings is 1. The number of rotatable bonds is 7. The van der Waals surface area contributed by atoms with Crippen molar-refractivity contribution in [3.63, 3.8) is 0 Å². The Balaban J connectivity index is 3.14. The Hall–Kier alpha value is -1.52. The number of hydrogen-bond donors (Lipinski definition) is 2. The maximum atomic E-state index is 12.2. The van der Waals surface area contributed by atoms with Gasteiger partial charge in [0.2, 0.25) is 10.0 Å². The number of hydrogen-bond acceptors (Lipinski definition) is 6. The molecule has 1 aromatic rings. The van der Waals surface area contributed by atoms with Gasteiger partial charge in [-0.2, -0.15) is 0 Å². The maximum Gasteiger partial charge on any atom is 0.270 e. The number of anilines is 1. The Kier molecular flexibility index (Phi) is 5.81. The van der Waals surface area contributed by atoms with Gasteiger partial charge in [0.15, 0.2) is 0 Å². The van der Waals surface area contributed by atoms with E-state index in [9.17, 15) is 22.7 Å². The summed E-state index contributed by atoms with van der Waals surface area (Å²) in [6.07, 6.45) is 1.48. The molecule has 0 spiro atoms. The van der Waals surface area contributed by atoms with Crippen LogP contribution in [0.5, 0.6) is 0 Å². The van der Waals surface area contributed by atoms with E-state index in [1.807, 2.05) is 0 Å². The predicted molar refractivity (Wildman–Crippen MR) is 81.4 cm³/mol. The van der Waals surface area contributed by atoms with Crippen molar-refractivity contribution in [3.8, 4) is 0 Å². The third-order valence-corrected chi connectivity index (χ3v) is 5.63. The van der Waals surface area contributed by atoms with E-state index in [0.29, 0.717) is 0 Å². The average Bonchev–Trinajstić information content (AvgIpc) is 2.43. The first-order valence-electron chi connectivity index (χ1n) is 5.97. The van der Waals surface area contributed by atoms with E-state index < -0.39 is 25.7 Å². The van der Waals surface area contributed by atoms with Crippen LogP contribution in [0, 0.1) is 10.1 Å². The van der Waals surface area contributed by atoms with Crippen molar-refractivity contribution in [1.82, 2.24) is 4.72 Å². The predicted octanol–water partition coefficient (Wildman–Crippen LogP) is 0.682. The molecule has 2 N–H and O–H groups in total. The number of non-ortho nitro benzene ring substituents is 1. The second kappa shape index (κ2) is 6.96. The van der Waals surface area contributed by atoms with E-state index in [1.165, 1.54) is 25.4 Å². The van der Waals surface area contributed by atoms with Gasteiger partial charge >= 0.3 is 0 Å². The molecule has 118 valence electrons. The van der Waals surface area contributed by atoms with E-state index in [4.69, 9.17) is 0 Å². The van der Waals surface area contributed by atoms with Crippen molar-refractivity contribution in [2.75, 3.05) is 25.2 Å². The lowest BCUT2D eigenvalue weighted by Crippen LogP contribution is -2.33. The van der Waals surface area contributed by atoms with Gasteiger partial charge in [0.25, 0.3) is 5.69 Å². The fourth-order valence-corrected chi connectivity index (χ4v) is 3.26. The molecule has 2 atom stereocenters. The molecule has 0 bridgehead atoms. The number of nitrogens with one attached hydrogen (secondary N) is 2. The molecule has 0 aliphatic rings. The number of nitro groups is 1. The first kappa shape index (κ1) is 17.5. The fourth-order valence-electron chi connectivity index (χ4n) is 1.48. The van der Waals surface area contributed by atoms with Crippen LogP contribution in [0.25, 0.3) is 0 Å². The topological polar surface area (TPSA) is 118 Å². The summed E-state index contributed by atoms with van der Waals surface area (Å²) in [5.74, 6) is 0. The SMILES string of the molecule is CNc1ccc([N+](=O)[O-])cc1S(=O)(=O)NCC(C)S(C)=O. The van der Waals surface area contributed by atoms with E-state index in [-0.39, 0.29) is 28.1 Å². The quantitative estimate of drug-likeness (QED) is 0.559. The molecule has 0 fully saturated rings. The third-order valence-electron chi connectivity index (χ3n) is 2.86. The molecule has 1 aromatic carbocycles. The summed E-state index contributed by atoms with van der Waals surface area (Å²) in [5.41, 5.74) is -0.0696. The molecule has 0 saturated carbocycles. The molecular weight excluding hydrogens is 318 g/mol. The monoisotopic (exact) mass is 335 g/mol. The van der Waals surface area contributed by atoms with Crippen LogP contribution in [0.3, 0.4) is 0 Å². The van der Waals surface area contributed by atoms with Crippen molar-refractivity contribution >= 4 is 32.2 Å². The molecule has 1 rings (SSSR count). The van der Waals surface area contributed by atoms with Crippen LogP contribution in [-0.4, -0.2) is 42.6 Å². The normalized spacial score (nSPS) is 14.4. The molecule has 0 heterocycles. The molecule has 8 nitrogen and oxygen atoms in total. The molecule has 0 amide bonds. The van der Waals surface area contributed by atoms with Crippen molar-refractivity contribution in [2.45, 2.75) is 17.1 Å². The highest BCUT2D eigenvalue weighted by Gasteiger charge is 2.22. The van der Waals surface area contributed by atoms with Crippen molar-refractivity contribution in [2.24, 2.45) is 0 Å². The zero-order chi connectivity index (χ0) is 16.2. The van der Waals surface area contributed by atoms with Gasteiger partial charge in [-0.05, 0) is 13.0 Å². The minimum absolute atomic E-state index is 0.0166. The summed E-state index contributed by atoms with van der Waals surface area (Å²) in [6.45, 7) is 1.63. The molecule has 0 saturated heterocycles. The second-order valence-electron chi connectivity index (χ2n) is 4.35. The summed E-state index contributed by atoms with van der Waals surface area (Å²) >= 11 is 0. The van der Waals surface area contributed by atoms with Crippen molar-refractivity contribution < 1.29 is 17.6 Å². The van der Waals surface area contributed by atoms with Gasteiger partial charge in [0.1, 0.15) is 4.90 Å². The van der Waals surface area contributed by atoms with Gasteiger partial charge in [-0.15, -0.1) is 0 Å². The van der Waals surface area contributed by atoms with Crippen molar-refractivity contribution in [1.29, 1.82) is 0 Å². The van der Waals surface area contributed by atoms with Crippen molar-refractivity contribution in [3.05, 3.63) is 28.3 Å². The molecule has 0 aliphatic carbocycles. The van der Waals surface area contributed by atoms with Crippen LogP contribution in [0.1, 0.15) is 6.92 Å². The molecule has 0 aliphatic heterocycles. The van der Waals surface area contributed by atoms with Gasteiger partial charge in [-0.3, -0.25) is 14.3 Å². The maximum absolute atomic E-state index is 12.2. The summed E-state index contributed by atoms with van der Waals surface area (Å²) in [7, 11) is -3.59. The van der Waals surface area contributed by atoms with Gasteiger partial charge in [0.05, 0.1) is 10.6 Å². The van der Waals surface area contributed by atoms with Crippen LogP contribution in [0.4, 0.5) is 11.4 Å². The molecule has 21 heavy (non-hydrogen) atoms. The number of nitro benzene ring substituents is 1. The van der Waals surface area contributed by atoms with Crippen LogP contribution >= 0.6 is 0 Å². The Morgan fingerprint density at radius 3 is 2.52 bits per heavy atom. The van der Waals surface area contributed by atoms with Crippen LogP contribution in [0.15, 0.2) is 23.1 Å². The average molecular weight is 335 g/mol. The first-order valence-corrected chi connectivity index (χ1v) is 9.07. The minimum atomic E-state index is -3.94. The first-order chi connectivity index (χ1) is 9.69. The lowest BCUT2D eigenvalue weighted by molar-refractivity contribution is -0.385. The zero-order valence-corrected chi connectivity index (χ0v) is 13.5. The summed E-state index contributed by atoms with van der Waals surface area (Å²) in [4.78, 5) is 9.89. The third kappa shape index (κ3) is 4.48. The summed E-state index contributed by atoms with van der Waals surface area (Å²) in [6, 6.07) is 3.53. The lowest BCUT2D eigenvalue weighted by atomic mass is 10.3. The Morgan fingerprint density at radius 1 is 1.43 bits per heavy atom. The van der Waals surface area contributed by atoms with Crippen LogP contribution in [0.2, 0.25) is 0 Å². The Morgan fingerprint density at radius 2 is 2.05 bits per heavy atom. The van der Waals surface area contributed by atoms with Gasteiger partial charge < -0.3 is 5.32 Å². The van der Waals surface area contributed by atoms with E-state index in [2.05, 4.69) is 10.0 Å². The largest absolute Gasteiger partial charge is 0.387 e. The van der Waals surface area contributed by atoms with Crippen LogP contribution in [-0.2, 0) is 20.8 Å². The fraction of sp³-hybridized carbons (Fsp3) is 0.455. The van der Waals surface area contributed by atoms with Crippen LogP contribution < -0.4 is 10.0 Å². The highest BCUT2D eigenvalue weighted by Crippen LogP contribution is 2.25. The molecule has 0 radical (unpaired) electrons. The Labute approximate surface area is 125 Å². The Bertz CT molecular complexity index is 660. The minimum Gasteiger partial charge on any atom is -0.387 e. The van der Waals surface area contributed by atoms with Gasteiger partial charge in [-0.25, -0.2) is 13.1 Å². The number of nitrogens with zero attached hydrogens (tertiary/aromatic N) is 1. The summed E-state index contributed by atoms with van der Waals surface area (Å²) in [5, 5.41) is 13.1. The molecule has 2 unspecified atom stereocenters. The standard InChI is InChI=1S/C11H17N3O5S2/c1-8(20(3)17)7-13-21(18,19)11-6-9(14(15)16)4-5-10(11)12-2/h4-6,8,12-13H,7H2,1-3H3. The van der Waals surface area contributed by atoms with Gasteiger partial charge in [0, 0.05) is 48.0 Å². The molecular formula is C11H17N3O5S2. The van der Waals surface area contributed by atoms with E-state index in [0.717, 1.165) is 6.07 Å². The molecule has 0 aromatic heterocycles. The highest BCUT2D eigenvalue weighted by atomic mass is 32.2. The van der Waals surface area contributed by atoms with E-state index >= 15 is 0 Å². The van der Waals surface area contributed by atoms with E-state index in [1.54, 1.807) is 6.92 Å². The smallest absolute Gasteiger partial charge is 0.270 e. The second-order valence-corrected chi connectivity index (χ2v) is 7.89.